The van der Waals surface area contributed by atoms with Crippen molar-refractivity contribution in [3.05, 3.63) is 112 Å². The van der Waals surface area contributed by atoms with Crippen LogP contribution in [0.2, 0.25) is 10.0 Å². The summed E-state index contributed by atoms with van der Waals surface area (Å²) in [6, 6.07) is 19.5. The Balaban J connectivity index is 1.53. The molecule has 2 N–H and O–H groups in total. The van der Waals surface area contributed by atoms with E-state index in [2.05, 4.69) is 10.0 Å². The molecule has 0 spiro atoms. The first-order valence-electron chi connectivity index (χ1n) is 12.2. The predicted octanol–water partition coefficient (Wildman–Crippen LogP) is 6.96. The Morgan fingerprint density at radius 1 is 0.791 bits per heavy atom. The van der Waals surface area contributed by atoms with Gasteiger partial charge in [-0.1, -0.05) is 53.0 Å². The number of nitrogens with zero attached hydrogens (tertiary/aromatic N) is 1. The Morgan fingerprint density at radius 3 is 1.98 bits per heavy atom. The number of nitrogens with one attached hydrogen (secondary N) is 2. The molecule has 15 heteroatoms. The molecule has 1 amide bonds. The molecule has 0 aromatic heterocycles. The zero-order valence-corrected chi connectivity index (χ0v) is 25.2. The first-order chi connectivity index (χ1) is 20.1. The molecule has 0 aliphatic carbocycles. The molecular formula is C28H22Cl2F3N3O5S2. The quantitative estimate of drug-likeness (QED) is 0.200. The second kappa shape index (κ2) is 12.4. The number of rotatable bonds is 9. The molecular weight excluding hydrogens is 650 g/mol. The number of carbonyl (C=O) groups excluding carboxylic acids is 1. The van der Waals surface area contributed by atoms with Crippen molar-refractivity contribution in [3.63, 3.8) is 0 Å². The number of halogens is 5. The molecule has 0 atom stereocenters. The number of hydrogen-bond donors (Lipinski definition) is 2. The second-order valence-corrected chi connectivity index (χ2v) is 13.5. The minimum Gasteiger partial charge on any atom is -0.325 e. The maximum Gasteiger partial charge on any atom is 0.417 e. The summed E-state index contributed by atoms with van der Waals surface area (Å²) in [5, 5.41) is 2.02. The highest BCUT2D eigenvalue weighted by atomic mass is 35.5. The lowest BCUT2D eigenvalue weighted by Crippen LogP contribution is -2.38. The molecule has 0 aliphatic rings. The first kappa shape index (κ1) is 32.1. The molecule has 8 nitrogen and oxygen atoms in total. The second-order valence-electron chi connectivity index (χ2n) is 9.15. The summed E-state index contributed by atoms with van der Waals surface area (Å²) in [6.07, 6.45) is -4.79. The number of aryl methyl sites for hydroxylation is 1. The fraction of sp³-hybridized carbons (Fsp3) is 0.107. The van der Waals surface area contributed by atoms with E-state index in [1.165, 1.54) is 36.4 Å². The zero-order chi connectivity index (χ0) is 31.6. The third kappa shape index (κ3) is 7.60. The highest BCUT2D eigenvalue weighted by molar-refractivity contribution is 7.93. The lowest BCUT2D eigenvalue weighted by Gasteiger charge is -2.25. The molecule has 226 valence electrons. The van der Waals surface area contributed by atoms with Crippen molar-refractivity contribution in [1.82, 2.24) is 0 Å². The molecule has 0 radical (unpaired) electrons. The van der Waals surface area contributed by atoms with Crippen LogP contribution in [0.1, 0.15) is 11.1 Å². The highest BCUT2D eigenvalue weighted by Gasteiger charge is 2.34. The summed E-state index contributed by atoms with van der Waals surface area (Å²) in [6.45, 7) is 1.13. The average molecular weight is 673 g/mol. The normalized spacial score (nSPS) is 12.0. The van der Waals surface area contributed by atoms with Crippen LogP contribution < -0.4 is 14.3 Å². The minimum absolute atomic E-state index is 0.0593. The smallest absolute Gasteiger partial charge is 0.325 e. The van der Waals surface area contributed by atoms with E-state index in [1.807, 2.05) is 0 Å². The van der Waals surface area contributed by atoms with Gasteiger partial charge in [-0.2, -0.15) is 13.2 Å². The molecule has 0 fully saturated rings. The third-order valence-electron chi connectivity index (χ3n) is 5.99. The molecule has 0 bridgehead atoms. The number of para-hydroxylation sites is 1. The first-order valence-corrected chi connectivity index (χ1v) is 15.9. The highest BCUT2D eigenvalue weighted by Crippen LogP contribution is 2.36. The molecule has 4 aromatic carbocycles. The minimum atomic E-state index is -4.79. The van der Waals surface area contributed by atoms with Gasteiger partial charge in [0.2, 0.25) is 5.91 Å². The van der Waals surface area contributed by atoms with Crippen LogP contribution in [0, 0.1) is 6.92 Å². The monoisotopic (exact) mass is 671 g/mol. The maximum absolute atomic E-state index is 13.5. The van der Waals surface area contributed by atoms with Crippen LogP contribution in [0.4, 0.5) is 30.2 Å². The lowest BCUT2D eigenvalue weighted by atomic mass is 10.2. The summed E-state index contributed by atoms with van der Waals surface area (Å²) in [4.78, 5) is 12.6. The number of benzene rings is 4. The zero-order valence-electron chi connectivity index (χ0n) is 22.1. The molecule has 4 aromatic rings. The van der Waals surface area contributed by atoms with E-state index in [9.17, 15) is 34.8 Å². The van der Waals surface area contributed by atoms with E-state index in [1.54, 1.807) is 31.2 Å². The standard InChI is InChI=1S/C28H22Cl2F3N3O5S2/c1-18-6-11-22(12-7-18)43(40,41)36(26-5-3-2-4-25(26)30)17-27(37)34-19-8-13-21(14-9-19)42(38,39)35-20-10-15-24(29)23(16-20)28(31,32)33/h2-16,35H,17H2,1H3,(H,34,37). The van der Waals surface area contributed by atoms with E-state index < -0.39 is 49.3 Å². The summed E-state index contributed by atoms with van der Waals surface area (Å²) >= 11 is 11.9. The van der Waals surface area contributed by atoms with Crippen LogP contribution in [0.5, 0.6) is 0 Å². The number of hydrogen-bond acceptors (Lipinski definition) is 5. The van der Waals surface area contributed by atoms with Gasteiger partial charge in [-0.15, -0.1) is 0 Å². The molecule has 0 unspecified atom stereocenters. The van der Waals surface area contributed by atoms with Crippen LogP contribution in [0.25, 0.3) is 0 Å². The summed E-state index contributed by atoms with van der Waals surface area (Å²) in [7, 11) is -8.55. The van der Waals surface area contributed by atoms with Crippen LogP contribution in [0.3, 0.4) is 0 Å². The SMILES string of the molecule is Cc1ccc(S(=O)(=O)N(CC(=O)Nc2ccc(S(=O)(=O)Nc3ccc(Cl)c(C(F)(F)F)c3)cc2)c2ccccc2Cl)cc1. The molecule has 4 rings (SSSR count). The summed E-state index contributed by atoms with van der Waals surface area (Å²) in [5.41, 5.74) is -0.531. The van der Waals surface area contributed by atoms with Crippen molar-refractivity contribution in [1.29, 1.82) is 0 Å². The number of sulfonamides is 2. The van der Waals surface area contributed by atoms with Gasteiger partial charge in [0, 0.05) is 11.4 Å². The van der Waals surface area contributed by atoms with Crippen LogP contribution in [-0.4, -0.2) is 29.3 Å². The van der Waals surface area contributed by atoms with Crippen molar-refractivity contribution in [2.45, 2.75) is 22.9 Å². The van der Waals surface area contributed by atoms with Gasteiger partial charge in [0.15, 0.2) is 0 Å². The Labute approximate surface area is 256 Å². The fourth-order valence-corrected chi connectivity index (χ4v) is 6.86. The van der Waals surface area contributed by atoms with E-state index in [4.69, 9.17) is 23.2 Å². The molecule has 43 heavy (non-hydrogen) atoms. The van der Waals surface area contributed by atoms with Gasteiger partial charge in [-0.05, 0) is 73.7 Å². The number of anilines is 3. The number of carbonyl (C=O) groups is 1. The van der Waals surface area contributed by atoms with Crippen LogP contribution >= 0.6 is 23.2 Å². The van der Waals surface area contributed by atoms with Crippen molar-refractivity contribution in [2.24, 2.45) is 0 Å². The van der Waals surface area contributed by atoms with E-state index in [0.29, 0.717) is 6.07 Å². The maximum atomic E-state index is 13.5. The van der Waals surface area contributed by atoms with Crippen molar-refractivity contribution in [3.8, 4) is 0 Å². The average Bonchev–Trinajstić information content (AvgIpc) is 2.93. The fourth-order valence-electron chi connectivity index (χ4n) is 3.86. The Morgan fingerprint density at radius 2 is 1.37 bits per heavy atom. The van der Waals surface area contributed by atoms with Crippen molar-refractivity contribution in [2.75, 3.05) is 20.9 Å². The molecule has 0 aliphatic heterocycles. The summed E-state index contributed by atoms with van der Waals surface area (Å²) in [5.74, 6) is -0.759. The Bertz CT molecular complexity index is 1870. The van der Waals surface area contributed by atoms with Gasteiger partial charge in [0.05, 0.1) is 31.1 Å². The lowest BCUT2D eigenvalue weighted by molar-refractivity contribution is -0.137. The van der Waals surface area contributed by atoms with Gasteiger partial charge in [-0.3, -0.25) is 13.8 Å². The van der Waals surface area contributed by atoms with E-state index in [0.717, 1.165) is 34.1 Å². The van der Waals surface area contributed by atoms with Gasteiger partial charge >= 0.3 is 6.18 Å². The molecule has 0 saturated heterocycles. The van der Waals surface area contributed by atoms with Crippen LogP contribution in [-0.2, 0) is 31.0 Å². The molecule has 0 heterocycles. The topological polar surface area (TPSA) is 113 Å². The van der Waals surface area contributed by atoms with Crippen molar-refractivity contribution >= 4 is 66.2 Å². The predicted molar refractivity (Wildman–Crippen MR) is 159 cm³/mol. The van der Waals surface area contributed by atoms with Crippen LogP contribution in [0.15, 0.2) is 101 Å². The number of amides is 1. The van der Waals surface area contributed by atoms with Gasteiger partial charge in [0.25, 0.3) is 20.0 Å². The summed E-state index contributed by atoms with van der Waals surface area (Å²) < 4.78 is 95.0. The van der Waals surface area contributed by atoms with Gasteiger partial charge in [-0.25, -0.2) is 16.8 Å². The Hall–Kier alpha value is -3.78. The van der Waals surface area contributed by atoms with E-state index >= 15 is 0 Å². The Kier molecular flexibility index (Phi) is 9.30. The van der Waals surface area contributed by atoms with Gasteiger partial charge < -0.3 is 5.32 Å². The van der Waals surface area contributed by atoms with Crippen molar-refractivity contribution < 1.29 is 34.8 Å². The molecule has 0 saturated carbocycles. The van der Waals surface area contributed by atoms with Gasteiger partial charge in [0.1, 0.15) is 6.54 Å². The number of alkyl halides is 3. The van der Waals surface area contributed by atoms with E-state index in [-0.39, 0.29) is 31.9 Å². The largest absolute Gasteiger partial charge is 0.417 e. The third-order valence-corrected chi connectivity index (χ3v) is 9.81.